The van der Waals surface area contributed by atoms with Gasteiger partial charge in [0.15, 0.2) is 0 Å². The minimum atomic E-state index is -0.289. The number of nitrogens with zero attached hydrogens (tertiary/aromatic N) is 2. The number of hydrogen-bond donors (Lipinski definition) is 1. The van der Waals surface area contributed by atoms with E-state index in [9.17, 15) is 9.18 Å². The second-order valence-corrected chi connectivity index (χ2v) is 8.31. The largest absolute Gasteiger partial charge is 0.462 e. The van der Waals surface area contributed by atoms with Gasteiger partial charge in [0.05, 0.1) is 12.3 Å². The number of benzene rings is 1. The summed E-state index contributed by atoms with van der Waals surface area (Å²) in [5, 5.41) is 2.95. The minimum absolute atomic E-state index is 0.178. The van der Waals surface area contributed by atoms with Crippen molar-refractivity contribution >= 4 is 11.5 Å². The second-order valence-electron chi connectivity index (χ2n) is 8.31. The van der Waals surface area contributed by atoms with Gasteiger partial charge in [0.1, 0.15) is 23.0 Å². The molecule has 36 heavy (non-hydrogen) atoms. The molecule has 0 radical (unpaired) electrons. The van der Waals surface area contributed by atoms with Gasteiger partial charge >= 0.3 is 0 Å². The Kier molecular flexibility index (Phi) is 13.5. The van der Waals surface area contributed by atoms with Crippen LogP contribution in [0.3, 0.4) is 0 Å². The molecule has 1 N–H and O–H groups in total. The lowest BCUT2D eigenvalue weighted by molar-refractivity contribution is 0.0936. The first-order chi connectivity index (χ1) is 17.5. The molecule has 0 fully saturated rings. The van der Waals surface area contributed by atoms with E-state index in [1.54, 1.807) is 18.2 Å². The van der Waals surface area contributed by atoms with E-state index < -0.39 is 0 Å². The van der Waals surface area contributed by atoms with Crippen molar-refractivity contribution in [3.63, 3.8) is 0 Å². The fraction of sp³-hybridized carbons (Fsp3) is 0.448. The van der Waals surface area contributed by atoms with E-state index in [2.05, 4.69) is 22.1 Å². The van der Waals surface area contributed by atoms with Crippen LogP contribution in [0.25, 0.3) is 5.57 Å². The zero-order valence-electron chi connectivity index (χ0n) is 22.1. The number of hydrogen-bond acceptors (Lipinski definition) is 5. The first-order valence-electron chi connectivity index (χ1n) is 12.9. The molecule has 7 heteroatoms. The summed E-state index contributed by atoms with van der Waals surface area (Å²) < 4.78 is 24.5. The van der Waals surface area contributed by atoms with Crippen molar-refractivity contribution in [1.82, 2.24) is 15.2 Å². The normalized spacial score (nSPS) is 13.2. The summed E-state index contributed by atoms with van der Waals surface area (Å²) in [6.45, 7) is 9.69. The number of rotatable bonds is 12. The van der Waals surface area contributed by atoms with Crippen LogP contribution in [0.1, 0.15) is 62.6 Å². The maximum Gasteiger partial charge on any atom is 0.269 e. The number of likely N-dealkylation sites (N-methyl/N-ethyl adjacent to an activating group) is 1. The molecule has 2 aromatic rings. The third-order valence-corrected chi connectivity index (χ3v) is 5.46. The molecule has 0 spiro atoms. The van der Waals surface area contributed by atoms with Gasteiger partial charge in [-0.2, -0.15) is 0 Å². The molecule has 1 aromatic heterocycles. The van der Waals surface area contributed by atoms with E-state index in [4.69, 9.17) is 9.47 Å². The molecule has 6 nitrogen and oxygen atoms in total. The Labute approximate surface area is 215 Å². The number of amides is 1. The number of nitrogens with one attached hydrogen (secondary N) is 1. The molecular formula is C29H40FN3O3. The van der Waals surface area contributed by atoms with Crippen LogP contribution in [0.5, 0.6) is 5.75 Å². The molecule has 0 saturated carbocycles. The van der Waals surface area contributed by atoms with E-state index in [0.717, 1.165) is 62.4 Å². The highest BCUT2D eigenvalue weighted by molar-refractivity contribution is 5.92. The quantitative estimate of drug-likeness (QED) is 0.372. The summed E-state index contributed by atoms with van der Waals surface area (Å²) in [6.07, 6.45) is 7.44. The van der Waals surface area contributed by atoms with Crippen molar-refractivity contribution < 1.29 is 18.7 Å². The Balaban J connectivity index is 0.00000222. The maximum absolute atomic E-state index is 13.1. The number of carbonyl (C=O) groups excluding carboxylic acids is 1. The van der Waals surface area contributed by atoms with E-state index in [0.29, 0.717) is 24.6 Å². The minimum Gasteiger partial charge on any atom is -0.462 e. The highest BCUT2D eigenvalue weighted by Gasteiger charge is 2.13. The van der Waals surface area contributed by atoms with Crippen molar-refractivity contribution in [1.29, 1.82) is 0 Å². The van der Waals surface area contributed by atoms with Crippen molar-refractivity contribution in [3.8, 4) is 5.75 Å². The fourth-order valence-corrected chi connectivity index (χ4v) is 3.54. The van der Waals surface area contributed by atoms with Crippen molar-refractivity contribution in [2.75, 3.05) is 39.9 Å². The van der Waals surface area contributed by atoms with Crippen LogP contribution < -0.4 is 10.1 Å². The Bertz CT molecular complexity index is 990. The summed E-state index contributed by atoms with van der Waals surface area (Å²) in [5.41, 5.74) is 2.25. The highest BCUT2D eigenvalue weighted by Crippen LogP contribution is 2.26. The van der Waals surface area contributed by atoms with Crippen molar-refractivity contribution in [3.05, 3.63) is 77.6 Å². The number of halogens is 1. The molecule has 196 valence electrons. The molecule has 0 aliphatic heterocycles. The average molecular weight is 498 g/mol. The van der Waals surface area contributed by atoms with Gasteiger partial charge < -0.3 is 19.7 Å². The van der Waals surface area contributed by atoms with E-state index in [1.807, 2.05) is 45.2 Å². The molecule has 0 atom stereocenters. The van der Waals surface area contributed by atoms with Gasteiger partial charge in [0, 0.05) is 32.7 Å². The van der Waals surface area contributed by atoms with Gasteiger partial charge in [0.25, 0.3) is 5.91 Å². The van der Waals surface area contributed by atoms with Crippen LogP contribution in [0.4, 0.5) is 4.39 Å². The molecular weight excluding hydrogens is 457 g/mol. The van der Waals surface area contributed by atoms with Crippen LogP contribution >= 0.6 is 0 Å². The summed E-state index contributed by atoms with van der Waals surface area (Å²) in [6, 6.07) is 11.5. The first kappa shape index (κ1) is 29.2. The van der Waals surface area contributed by atoms with E-state index in [1.165, 1.54) is 12.1 Å². The van der Waals surface area contributed by atoms with Crippen LogP contribution in [0.2, 0.25) is 0 Å². The number of pyridine rings is 1. The molecule has 1 heterocycles. The lowest BCUT2D eigenvalue weighted by Crippen LogP contribution is -2.34. The predicted molar refractivity (Wildman–Crippen MR) is 143 cm³/mol. The lowest BCUT2D eigenvalue weighted by atomic mass is 10.1. The molecule has 1 aromatic carbocycles. The van der Waals surface area contributed by atoms with E-state index >= 15 is 0 Å². The van der Waals surface area contributed by atoms with Gasteiger partial charge in [-0.3, -0.25) is 4.79 Å². The van der Waals surface area contributed by atoms with E-state index in [-0.39, 0.29) is 11.7 Å². The Hall–Kier alpha value is -3.03. The van der Waals surface area contributed by atoms with Crippen LogP contribution in [-0.2, 0) is 4.74 Å². The Morgan fingerprint density at radius 3 is 2.58 bits per heavy atom. The SMILES string of the molecule is CC.CCCOCCN(C)CCNC(=O)c1cccc(C2=CC=C(Oc3ccc(F)cc3)CCC2)n1. The Morgan fingerprint density at radius 2 is 1.83 bits per heavy atom. The summed E-state index contributed by atoms with van der Waals surface area (Å²) in [5.74, 6) is 0.964. The molecule has 0 saturated heterocycles. The first-order valence-corrected chi connectivity index (χ1v) is 12.9. The molecule has 3 rings (SSSR count). The fourth-order valence-electron chi connectivity index (χ4n) is 3.54. The molecule has 0 unspecified atom stereocenters. The third-order valence-electron chi connectivity index (χ3n) is 5.46. The summed E-state index contributed by atoms with van der Waals surface area (Å²) in [4.78, 5) is 19.3. The second kappa shape index (κ2) is 16.6. The predicted octanol–water partition coefficient (Wildman–Crippen LogP) is 5.87. The van der Waals surface area contributed by atoms with Gasteiger partial charge in [-0.15, -0.1) is 0 Å². The standard InChI is InChI=1S/C27H34FN3O3.C2H6/c1-3-19-33-20-18-31(2)17-16-29-27(32)26-9-5-8-25(30-26)21-6-4-7-23(13-10-21)34-24-14-11-22(28)12-15-24;1-2/h5,8-15H,3-4,6-7,16-20H2,1-2H3,(H,29,32);1-2H3. The monoisotopic (exact) mass is 497 g/mol. The van der Waals surface area contributed by atoms with Crippen molar-refractivity contribution in [2.24, 2.45) is 0 Å². The number of allylic oxidation sites excluding steroid dienone is 4. The topological polar surface area (TPSA) is 63.7 Å². The van der Waals surface area contributed by atoms with Crippen LogP contribution in [0.15, 0.2) is 60.4 Å². The van der Waals surface area contributed by atoms with Gasteiger partial charge in [-0.05, 0) is 74.4 Å². The molecule has 0 bridgehead atoms. The van der Waals surface area contributed by atoms with Gasteiger partial charge in [-0.1, -0.05) is 32.9 Å². The van der Waals surface area contributed by atoms with Gasteiger partial charge in [0.2, 0.25) is 0 Å². The summed E-state index contributed by atoms with van der Waals surface area (Å²) >= 11 is 0. The molecule has 1 aliphatic rings. The molecule has 1 amide bonds. The lowest BCUT2D eigenvalue weighted by Gasteiger charge is -2.16. The smallest absolute Gasteiger partial charge is 0.269 e. The maximum atomic E-state index is 13.1. The summed E-state index contributed by atoms with van der Waals surface area (Å²) in [7, 11) is 2.01. The number of aromatic nitrogens is 1. The van der Waals surface area contributed by atoms with Crippen molar-refractivity contribution in [2.45, 2.75) is 46.5 Å². The van der Waals surface area contributed by atoms with Crippen LogP contribution in [0, 0.1) is 5.82 Å². The van der Waals surface area contributed by atoms with Gasteiger partial charge in [-0.25, -0.2) is 9.37 Å². The number of carbonyl (C=O) groups is 1. The van der Waals surface area contributed by atoms with Crippen LogP contribution in [-0.4, -0.2) is 55.7 Å². The number of ether oxygens (including phenoxy) is 2. The zero-order valence-corrected chi connectivity index (χ0v) is 22.1. The molecule has 1 aliphatic carbocycles. The Morgan fingerprint density at radius 1 is 1.06 bits per heavy atom. The average Bonchev–Trinajstić information content (AvgIpc) is 3.15. The highest BCUT2D eigenvalue weighted by atomic mass is 19.1. The zero-order chi connectivity index (χ0) is 26.2. The third kappa shape index (κ3) is 10.3.